The van der Waals surface area contributed by atoms with Crippen molar-refractivity contribution in [1.29, 1.82) is 0 Å². The number of hydrogen-bond donors (Lipinski definition) is 1. The zero-order chi connectivity index (χ0) is 15.6. The van der Waals surface area contributed by atoms with Crippen LogP contribution in [0.2, 0.25) is 5.02 Å². The van der Waals surface area contributed by atoms with Crippen LogP contribution in [0.25, 0.3) is 10.2 Å². The summed E-state index contributed by atoms with van der Waals surface area (Å²) < 4.78 is 1.25. The largest absolute Gasteiger partial charge is 0.316 e. The molecule has 0 atom stereocenters. The van der Waals surface area contributed by atoms with Gasteiger partial charge in [-0.3, -0.25) is 0 Å². The molecule has 0 aliphatic carbocycles. The van der Waals surface area contributed by atoms with Crippen LogP contribution in [0, 0.1) is 0 Å². The van der Waals surface area contributed by atoms with E-state index in [4.69, 9.17) is 11.6 Å². The Balaban J connectivity index is 1.60. The number of hydrogen-bond acceptors (Lipinski definition) is 4. The standard InChI is InChI=1S/C18H17ClN2S2/c19-15-3-2-13-5-7-20-8-6-14(13)18(15)22-10-12-1-4-16-17(9-12)23-11-21-16/h1-4,9,11,20H,5-8,10H2. The maximum Gasteiger partial charge on any atom is 0.0812 e. The molecule has 5 heteroatoms. The minimum atomic E-state index is 0.884. The number of rotatable bonds is 3. The predicted octanol–water partition coefficient (Wildman–Crippen LogP) is 4.93. The number of thioether (sulfide) groups is 1. The van der Waals surface area contributed by atoms with Crippen LogP contribution >= 0.6 is 34.7 Å². The van der Waals surface area contributed by atoms with Crippen molar-refractivity contribution in [3.8, 4) is 0 Å². The van der Waals surface area contributed by atoms with Gasteiger partial charge < -0.3 is 5.32 Å². The molecule has 23 heavy (non-hydrogen) atoms. The van der Waals surface area contributed by atoms with Gasteiger partial charge >= 0.3 is 0 Å². The van der Waals surface area contributed by atoms with E-state index in [1.807, 2.05) is 17.3 Å². The molecule has 0 bridgehead atoms. The van der Waals surface area contributed by atoms with Crippen molar-refractivity contribution in [1.82, 2.24) is 10.3 Å². The Labute approximate surface area is 149 Å². The van der Waals surface area contributed by atoms with Crippen molar-refractivity contribution >= 4 is 44.9 Å². The van der Waals surface area contributed by atoms with Crippen LogP contribution in [0.1, 0.15) is 16.7 Å². The maximum absolute atomic E-state index is 6.51. The molecule has 0 unspecified atom stereocenters. The molecule has 0 spiro atoms. The van der Waals surface area contributed by atoms with Crippen LogP contribution in [0.4, 0.5) is 0 Å². The summed E-state index contributed by atoms with van der Waals surface area (Å²) in [5.74, 6) is 0.942. The van der Waals surface area contributed by atoms with Gasteiger partial charge in [-0.05, 0) is 60.8 Å². The fourth-order valence-electron chi connectivity index (χ4n) is 3.01. The number of halogens is 1. The zero-order valence-corrected chi connectivity index (χ0v) is 15.0. The van der Waals surface area contributed by atoms with Crippen LogP contribution in [0.5, 0.6) is 0 Å². The lowest BCUT2D eigenvalue weighted by Gasteiger charge is -2.14. The van der Waals surface area contributed by atoms with Gasteiger partial charge in [0.15, 0.2) is 0 Å². The highest BCUT2D eigenvalue weighted by molar-refractivity contribution is 7.98. The molecule has 1 aromatic heterocycles. The van der Waals surface area contributed by atoms with E-state index in [2.05, 4.69) is 40.6 Å². The second-order valence-corrected chi connectivity index (χ2v) is 7.99. The highest BCUT2D eigenvalue weighted by Gasteiger charge is 2.15. The van der Waals surface area contributed by atoms with Crippen LogP contribution in [-0.2, 0) is 18.6 Å². The van der Waals surface area contributed by atoms with E-state index in [9.17, 15) is 0 Å². The van der Waals surface area contributed by atoms with Gasteiger partial charge in [-0.2, -0.15) is 0 Å². The molecular formula is C18H17ClN2S2. The molecule has 1 aliphatic rings. The molecular weight excluding hydrogens is 344 g/mol. The van der Waals surface area contributed by atoms with Crippen molar-refractivity contribution < 1.29 is 0 Å². The van der Waals surface area contributed by atoms with Crippen molar-refractivity contribution in [2.45, 2.75) is 23.5 Å². The first-order valence-corrected chi connectivity index (χ1v) is 10.0. The van der Waals surface area contributed by atoms with E-state index in [1.165, 1.54) is 26.3 Å². The van der Waals surface area contributed by atoms with Crippen LogP contribution < -0.4 is 5.32 Å². The zero-order valence-electron chi connectivity index (χ0n) is 12.6. The summed E-state index contributed by atoms with van der Waals surface area (Å²) in [5, 5.41) is 4.36. The highest BCUT2D eigenvalue weighted by atomic mass is 35.5. The Morgan fingerprint density at radius 3 is 3.04 bits per heavy atom. The Bertz CT molecular complexity index is 844. The molecule has 1 N–H and O–H groups in total. The molecule has 0 radical (unpaired) electrons. The number of fused-ring (bicyclic) bond motifs is 2. The topological polar surface area (TPSA) is 24.9 Å². The Morgan fingerprint density at radius 1 is 1.17 bits per heavy atom. The lowest BCUT2D eigenvalue weighted by Crippen LogP contribution is -2.16. The monoisotopic (exact) mass is 360 g/mol. The third-order valence-electron chi connectivity index (χ3n) is 4.21. The maximum atomic E-state index is 6.51. The van der Waals surface area contributed by atoms with Gasteiger partial charge in [0.1, 0.15) is 0 Å². The average Bonchev–Trinajstić information content (AvgIpc) is 2.90. The number of thiazole rings is 1. The summed E-state index contributed by atoms with van der Waals surface area (Å²) in [6.07, 6.45) is 2.15. The lowest BCUT2D eigenvalue weighted by atomic mass is 10.0. The van der Waals surface area contributed by atoms with E-state index < -0.39 is 0 Å². The second-order valence-electron chi connectivity index (χ2n) is 5.71. The SMILES string of the molecule is Clc1ccc2c(c1SCc1ccc3ncsc3c1)CCNCC2. The molecule has 118 valence electrons. The summed E-state index contributed by atoms with van der Waals surface area (Å²) in [4.78, 5) is 5.61. The summed E-state index contributed by atoms with van der Waals surface area (Å²) in [6.45, 7) is 2.09. The quantitative estimate of drug-likeness (QED) is 0.670. The molecule has 2 aromatic carbocycles. The summed E-state index contributed by atoms with van der Waals surface area (Å²) >= 11 is 10.1. The molecule has 3 aromatic rings. The van der Waals surface area contributed by atoms with E-state index in [0.717, 1.165) is 42.2 Å². The lowest BCUT2D eigenvalue weighted by molar-refractivity contribution is 0.709. The highest BCUT2D eigenvalue weighted by Crippen LogP contribution is 2.36. The first kappa shape index (κ1) is 15.5. The Kier molecular flexibility index (Phi) is 4.58. The summed E-state index contributed by atoms with van der Waals surface area (Å²) in [7, 11) is 0. The van der Waals surface area contributed by atoms with Crippen LogP contribution in [-0.4, -0.2) is 18.1 Å². The smallest absolute Gasteiger partial charge is 0.0812 e. The van der Waals surface area contributed by atoms with E-state index in [-0.39, 0.29) is 0 Å². The molecule has 2 heterocycles. The first-order valence-electron chi connectivity index (χ1n) is 7.77. The van der Waals surface area contributed by atoms with E-state index in [1.54, 1.807) is 11.3 Å². The fourth-order valence-corrected chi connectivity index (χ4v) is 5.20. The Morgan fingerprint density at radius 2 is 2.09 bits per heavy atom. The van der Waals surface area contributed by atoms with Gasteiger partial charge in [0.2, 0.25) is 0 Å². The van der Waals surface area contributed by atoms with E-state index >= 15 is 0 Å². The van der Waals surface area contributed by atoms with Gasteiger partial charge in [0.05, 0.1) is 20.7 Å². The van der Waals surface area contributed by atoms with Gasteiger partial charge in [0, 0.05) is 10.6 Å². The minimum Gasteiger partial charge on any atom is -0.316 e. The van der Waals surface area contributed by atoms with Crippen LogP contribution in [0.15, 0.2) is 40.7 Å². The van der Waals surface area contributed by atoms with Gasteiger partial charge in [-0.1, -0.05) is 23.7 Å². The number of aromatic nitrogens is 1. The normalized spacial score (nSPS) is 14.7. The van der Waals surface area contributed by atoms with Crippen molar-refractivity contribution in [3.63, 3.8) is 0 Å². The third-order valence-corrected chi connectivity index (χ3v) is 6.66. The van der Waals surface area contributed by atoms with Crippen molar-refractivity contribution in [2.24, 2.45) is 0 Å². The van der Waals surface area contributed by atoms with Crippen LogP contribution in [0.3, 0.4) is 0 Å². The molecule has 0 saturated carbocycles. The summed E-state index contributed by atoms with van der Waals surface area (Å²) in [6, 6.07) is 10.8. The fraction of sp³-hybridized carbons (Fsp3) is 0.278. The average molecular weight is 361 g/mol. The van der Waals surface area contributed by atoms with Gasteiger partial charge in [-0.25, -0.2) is 4.98 Å². The van der Waals surface area contributed by atoms with Crippen molar-refractivity contribution in [2.75, 3.05) is 13.1 Å². The molecule has 4 rings (SSSR count). The molecule has 0 fully saturated rings. The molecule has 1 aliphatic heterocycles. The number of nitrogens with one attached hydrogen (secondary N) is 1. The summed E-state index contributed by atoms with van der Waals surface area (Å²) in [5.41, 5.74) is 7.20. The first-order chi connectivity index (χ1) is 11.3. The predicted molar refractivity (Wildman–Crippen MR) is 101 cm³/mol. The molecule has 0 saturated heterocycles. The molecule has 0 amide bonds. The third kappa shape index (κ3) is 3.26. The minimum absolute atomic E-state index is 0.884. The number of nitrogens with zero attached hydrogens (tertiary/aromatic N) is 1. The number of benzene rings is 2. The molecule has 2 nitrogen and oxygen atoms in total. The van der Waals surface area contributed by atoms with Gasteiger partial charge in [-0.15, -0.1) is 23.1 Å². The van der Waals surface area contributed by atoms with Crippen molar-refractivity contribution in [3.05, 3.63) is 57.6 Å². The van der Waals surface area contributed by atoms with Gasteiger partial charge in [0.25, 0.3) is 0 Å². The Hall–Kier alpha value is -1.07. The van der Waals surface area contributed by atoms with E-state index in [0.29, 0.717) is 0 Å². The second kappa shape index (κ2) is 6.81.